The van der Waals surface area contributed by atoms with E-state index in [1.54, 1.807) is 37.3 Å². The Hall–Kier alpha value is -1.40. The smallest absolute Gasteiger partial charge is 0.224 e. The molecule has 5 nitrogen and oxygen atoms in total. The van der Waals surface area contributed by atoms with Gasteiger partial charge in [-0.25, -0.2) is 8.42 Å². The van der Waals surface area contributed by atoms with Crippen LogP contribution in [0.4, 0.5) is 0 Å². The van der Waals surface area contributed by atoms with Gasteiger partial charge in [-0.1, -0.05) is 25.1 Å². The van der Waals surface area contributed by atoms with Crippen molar-refractivity contribution in [3.63, 3.8) is 0 Å². The normalized spacial score (nSPS) is 13.0. The van der Waals surface area contributed by atoms with Crippen molar-refractivity contribution in [2.24, 2.45) is 11.7 Å². The monoisotopic (exact) mass is 270 g/mol. The van der Waals surface area contributed by atoms with Crippen molar-refractivity contribution in [1.29, 1.82) is 0 Å². The number of carbonyl (C=O) groups is 1. The van der Waals surface area contributed by atoms with Crippen molar-refractivity contribution in [3.05, 3.63) is 30.3 Å². The summed E-state index contributed by atoms with van der Waals surface area (Å²) in [6.07, 6.45) is 0. The lowest BCUT2D eigenvalue weighted by Gasteiger charge is -2.10. The van der Waals surface area contributed by atoms with Crippen LogP contribution in [0.15, 0.2) is 35.2 Å². The van der Waals surface area contributed by atoms with Crippen LogP contribution in [0.2, 0.25) is 0 Å². The Balaban J connectivity index is 2.52. The number of hydrogen-bond acceptors (Lipinski definition) is 4. The molecular weight excluding hydrogens is 252 g/mol. The molecule has 0 spiro atoms. The molecule has 6 heteroatoms. The lowest BCUT2D eigenvalue weighted by molar-refractivity contribution is -0.124. The van der Waals surface area contributed by atoms with Gasteiger partial charge in [-0.15, -0.1) is 0 Å². The van der Waals surface area contributed by atoms with E-state index in [0.29, 0.717) is 0 Å². The molecule has 1 aromatic rings. The maximum absolute atomic E-state index is 11.9. The van der Waals surface area contributed by atoms with Crippen LogP contribution in [0.5, 0.6) is 0 Å². The lowest BCUT2D eigenvalue weighted by Crippen LogP contribution is -2.36. The summed E-state index contributed by atoms with van der Waals surface area (Å²) in [5.74, 6) is -0.634. The molecule has 0 saturated carbocycles. The second-order valence-electron chi connectivity index (χ2n) is 4.06. The molecule has 18 heavy (non-hydrogen) atoms. The van der Waals surface area contributed by atoms with Gasteiger partial charge < -0.3 is 11.1 Å². The summed E-state index contributed by atoms with van der Waals surface area (Å²) >= 11 is 0. The standard InChI is InChI=1S/C12H18N2O3S/c1-10(9-13)12(15)14-7-8-18(16,17)11-5-3-2-4-6-11/h2-6,10H,7-9,13H2,1H3,(H,14,15). The van der Waals surface area contributed by atoms with Crippen LogP contribution in [-0.2, 0) is 14.6 Å². The highest BCUT2D eigenvalue weighted by Crippen LogP contribution is 2.09. The molecular formula is C12H18N2O3S. The molecule has 3 N–H and O–H groups in total. The summed E-state index contributed by atoms with van der Waals surface area (Å²) in [4.78, 5) is 11.7. The minimum Gasteiger partial charge on any atom is -0.355 e. The molecule has 1 aromatic carbocycles. The van der Waals surface area contributed by atoms with Gasteiger partial charge in [0.1, 0.15) is 0 Å². The van der Waals surface area contributed by atoms with Crippen LogP contribution < -0.4 is 11.1 Å². The van der Waals surface area contributed by atoms with Gasteiger partial charge in [0.2, 0.25) is 5.91 Å². The molecule has 100 valence electrons. The highest BCUT2D eigenvalue weighted by atomic mass is 32.2. The zero-order chi connectivity index (χ0) is 13.6. The second-order valence-corrected chi connectivity index (χ2v) is 6.17. The first-order valence-corrected chi connectivity index (χ1v) is 7.38. The molecule has 0 aliphatic carbocycles. The number of carbonyl (C=O) groups excluding carboxylic acids is 1. The molecule has 0 aliphatic rings. The molecule has 1 rings (SSSR count). The highest BCUT2D eigenvalue weighted by Gasteiger charge is 2.15. The van der Waals surface area contributed by atoms with Crippen LogP contribution in [-0.4, -0.2) is 33.2 Å². The van der Waals surface area contributed by atoms with Crippen molar-refractivity contribution in [2.75, 3.05) is 18.8 Å². The van der Waals surface area contributed by atoms with Crippen LogP contribution in [0, 0.1) is 5.92 Å². The van der Waals surface area contributed by atoms with Crippen molar-refractivity contribution >= 4 is 15.7 Å². The summed E-state index contributed by atoms with van der Waals surface area (Å²) in [6, 6.07) is 8.17. The molecule has 0 aliphatic heterocycles. The molecule has 0 fully saturated rings. The van der Waals surface area contributed by atoms with Crippen LogP contribution in [0.3, 0.4) is 0 Å². The van der Waals surface area contributed by atoms with E-state index in [9.17, 15) is 13.2 Å². The number of hydrogen-bond donors (Lipinski definition) is 2. The fraction of sp³-hybridized carbons (Fsp3) is 0.417. The Labute approximate surface area is 107 Å². The first kappa shape index (κ1) is 14.7. The van der Waals surface area contributed by atoms with Crippen molar-refractivity contribution in [3.8, 4) is 0 Å². The first-order valence-electron chi connectivity index (χ1n) is 5.73. The van der Waals surface area contributed by atoms with Crippen LogP contribution in [0.25, 0.3) is 0 Å². The Bertz CT molecular complexity index is 485. The second kappa shape index (κ2) is 6.51. The van der Waals surface area contributed by atoms with Gasteiger partial charge in [0.15, 0.2) is 9.84 Å². The van der Waals surface area contributed by atoms with Gasteiger partial charge in [-0.05, 0) is 12.1 Å². The molecule has 0 saturated heterocycles. The summed E-state index contributed by atoms with van der Waals surface area (Å²) < 4.78 is 23.8. The maximum Gasteiger partial charge on any atom is 0.224 e. The Morgan fingerprint density at radius 2 is 1.94 bits per heavy atom. The zero-order valence-electron chi connectivity index (χ0n) is 10.3. The van der Waals surface area contributed by atoms with E-state index in [-0.39, 0.29) is 35.6 Å². The molecule has 0 heterocycles. The molecule has 1 amide bonds. The zero-order valence-corrected chi connectivity index (χ0v) is 11.1. The van der Waals surface area contributed by atoms with Gasteiger partial charge in [-0.3, -0.25) is 4.79 Å². The third kappa shape index (κ3) is 4.12. The fourth-order valence-electron chi connectivity index (χ4n) is 1.34. The van der Waals surface area contributed by atoms with Gasteiger partial charge in [0, 0.05) is 19.0 Å². The Kier molecular flexibility index (Phi) is 5.30. The predicted molar refractivity (Wildman–Crippen MR) is 69.7 cm³/mol. The Morgan fingerprint density at radius 1 is 1.33 bits per heavy atom. The number of benzene rings is 1. The average Bonchev–Trinajstić information content (AvgIpc) is 2.38. The highest BCUT2D eigenvalue weighted by molar-refractivity contribution is 7.91. The van der Waals surface area contributed by atoms with Crippen LogP contribution in [0.1, 0.15) is 6.92 Å². The quantitative estimate of drug-likeness (QED) is 0.771. The molecule has 0 aromatic heterocycles. The largest absolute Gasteiger partial charge is 0.355 e. The molecule has 1 unspecified atom stereocenters. The van der Waals surface area contributed by atoms with E-state index >= 15 is 0 Å². The third-order valence-corrected chi connectivity index (χ3v) is 4.31. The van der Waals surface area contributed by atoms with Crippen molar-refractivity contribution in [1.82, 2.24) is 5.32 Å². The number of nitrogens with two attached hydrogens (primary N) is 1. The minimum absolute atomic E-state index is 0.0976. The topological polar surface area (TPSA) is 89.3 Å². The molecule has 0 bridgehead atoms. The average molecular weight is 270 g/mol. The fourth-order valence-corrected chi connectivity index (χ4v) is 2.51. The van der Waals surface area contributed by atoms with Crippen molar-refractivity contribution in [2.45, 2.75) is 11.8 Å². The summed E-state index contributed by atoms with van der Waals surface area (Å²) in [7, 11) is -3.33. The minimum atomic E-state index is -3.33. The van der Waals surface area contributed by atoms with Crippen molar-refractivity contribution < 1.29 is 13.2 Å². The summed E-state index contributed by atoms with van der Waals surface area (Å²) in [6.45, 7) is 2.04. The SMILES string of the molecule is CC(CN)C(=O)NCCS(=O)(=O)c1ccccc1. The van der Waals surface area contributed by atoms with Gasteiger partial charge in [-0.2, -0.15) is 0 Å². The van der Waals surface area contributed by atoms with Gasteiger partial charge in [0.05, 0.1) is 10.6 Å². The first-order chi connectivity index (χ1) is 8.47. The summed E-state index contributed by atoms with van der Waals surface area (Å²) in [5, 5.41) is 2.56. The van der Waals surface area contributed by atoms with E-state index in [1.807, 2.05) is 0 Å². The van der Waals surface area contributed by atoms with Gasteiger partial charge >= 0.3 is 0 Å². The maximum atomic E-state index is 11.9. The lowest BCUT2D eigenvalue weighted by atomic mass is 10.2. The molecule has 0 radical (unpaired) electrons. The van der Waals surface area contributed by atoms with E-state index < -0.39 is 9.84 Å². The number of sulfone groups is 1. The van der Waals surface area contributed by atoms with E-state index in [4.69, 9.17) is 5.73 Å². The molecule has 1 atom stereocenters. The predicted octanol–water partition coefficient (Wildman–Crippen LogP) is 0.171. The Morgan fingerprint density at radius 3 is 2.50 bits per heavy atom. The third-order valence-electron chi connectivity index (χ3n) is 2.57. The number of amides is 1. The van der Waals surface area contributed by atoms with E-state index in [1.165, 1.54) is 0 Å². The van der Waals surface area contributed by atoms with Gasteiger partial charge in [0.25, 0.3) is 0 Å². The van der Waals surface area contributed by atoms with E-state index in [2.05, 4.69) is 5.32 Å². The summed E-state index contributed by atoms with van der Waals surface area (Å²) in [5.41, 5.74) is 5.34. The van der Waals surface area contributed by atoms with Crippen LogP contribution >= 0.6 is 0 Å². The van der Waals surface area contributed by atoms with E-state index in [0.717, 1.165) is 0 Å². The number of nitrogens with one attached hydrogen (secondary N) is 1. The number of rotatable bonds is 6.